The molecule has 0 radical (unpaired) electrons. The highest BCUT2D eigenvalue weighted by molar-refractivity contribution is 5.97. The van der Waals surface area contributed by atoms with Crippen molar-refractivity contribution in [1.29, 1.82) is 0 Å². The number of carbonyl (C=O) groups is 2. The molecule has 0 aliphatic carbocycles. The van der Waals surface area contributed by atoms with Crippen LogP contribution in [0.15, 0.2) is 18.2 Å². The summed E-state index contributed by atoms with van der Waals surface area (Å²) in [5.41, 5.74) is -1.27. The number of carboxylic acid groups (broad SMARTS) is 1. The fraction of sp³-hybridized carbons (Fsp3) is 0.273. The maximum absolute atomic E-state index is 11.8. The summed E-state index contributed by atoms with van der Waals surface area (Å²) in [6.45, 7) is 0. The third-order valence-corrected chi connectivity index (χ3v) is 2.90. The highest BCUT2D eigenvalue weighted by Gasteiger charge is 2.61. The number of hydrogen-bond acceptors (Lipinski definition) is 7. The van der Waals surface area contributed by atoms with Crippen LogP contribution in [0.25, 0.3) is 0 Å². The molecule has 0 bridgehead atoms. The van der Waals surface area contributed by atoms with Crippen LogP contribution >= 0.6 is 0 Å². The van der Waals surface area contributed by atoms with Gasteiger partial charge in [-0.3, -0.25) is 10.1 Å². The number of epoxide rings is 1. The van der Waals surface area contributed by atoms with Crippen LogP contribution in [0.1, 0.15) is 20.7 Å². The molecule has 2 heterocycles. The van der Waals surface area contributed by atoms with Crippen molar-refractivity contribution in [3.8, 4) is 0 Å². The molecule has 9 heteroatoms. The van der Waals surface area contributed by atoms with Crippen molar-refractivity contribution in [2.24, 2.45) is 0 Å². The van der Waals surface area contributed by atoms with Gasteiger partial charge in [-0.1, -0.05) is 0 Å². The summed E-state index contributed by atoms with van der Waals surface area (Å²) in [5, 5.41) is 19.7. The monoisotopic (exact) mass is 281 g/mol. The van der Waals surface area contributed by atoms with Crippen molar-refractivity contribution in [2.75, 3.05) is 0 Å². The molecule has 2 aliphatic rings. The van der Waals surface area contributed by atoms with E-state index in [-0.39, 0.29) is 23.5 Å². The molecule has 3 rings (SSSR count). The predicted molar refractivity (Wildman–Crippen MR) is 59.0 cm³/mol. The maximum atomic E-state index is 11.8. The van der Waals surface area contributed by atoms with E-state index in [4.69, 9.17) is 19.3 Å². The molecule has 0 saturated carbocycles. The zero-order valence-electron chi connectivity index (χ0n) is 9.72. The van der Waals surface area contributed by atoms with E-state index in [9.17, 15) is 19.7 Å². The van der Waals surface area contributed by atoms with Gasteiger partial charge in [0.15, 0.2) is 12.4 Å². The van der Waals surface area contributed by atoms with Crippen LogP contribution in [0, 0.1) is 10.1 Å². The minimum atomic E-state index is -1.33. The second-order valence-corrected chi connectivity index (χ2v) is 4.17. The number of fused-ring (bicyclic) bond motifs is 1. The Balaban J connectivity index is 1.85. The van der Waals surface area contributed by atoms with Gasteiger partial charge in [0.1, 0.15) is 5.56 Å². The molecule has 3 unspecified atom stereocenters. The van der Waals surface area contributed by atoms with Crippen LogP contribution < -0.4 is 0 Å². The van der Waals surface area contributed by atoms with Crippen LogP contribution in [0.2, 0.25) is 0 Å². The molecular weight excluding hydrogens is 274 g/mol. The van der Waals surface area contributed by atoms with E-state index in [1.807, 2.05) is 0 Å². The van der Waals surface area contributed by atoms with Gasteiger partial charge in [-0.15, -0.1) is 0 Å². The number of carbonyl (C=O) groups excluding carboxylic acids is 1. The van der Waals surface area contributed by atoms with Gasteiger partial charge in [-0.25, -0.2) is 9.59 Å². The number of hydrogen-bond donors (Lipinski definition) is 1. The second-order valence-electron chi connectivity index (χ2n) is 4.17. The lowest BCUT2D eigenvalue weighted by Gasteiger charge is -2.20. The first-order valence-corrected chi connectivity index (χ1v) is 5.51. The Morgan fingerprint density at radius 3 is 2.60 bits per heavy atom. The number of ether oxygens (including phenoxy) is 3. The highest BCUT2D eigenvalue weighted by atomic mass is 16.9. The molecule has 2 fully saturated rings. The van der Waals surface area contributed by atoms with Crippen molar-refractivity contribution in [2.45, 2.75) is 18.7 Å². The van der Waals surface area contributed by atoms with Crippen LogP contribution in [-0.4, -0.2) is 40.7 Å². The van der Waals surface area contributed by atoms with Crippen molar-refractivity contribution < 1.29 is 33.8 Å². The lowest BCUT2D eigenvalue weighted by Crippen LogP contribution is -2.37. The standard InChI is InChI=1S/C11H7NO8/c13-8(14)4-1-2-5(6(3-4)12(16)17)9(15)19-11-7-10(18-7)20-11/h1-3,7,10-11H,(H,13,14). The molecule has 1 N–H and O–H groups in total. The van der Waals surface area contributed by atoms with E-state index < -0.39 is 28.8 Å². The third kappa shape index (κ3) is 1.98. The summed E-state index contributed by atoms with van der Waals surface area (Å²) in [4.78, 5) is 32.6. The number of aromatic carboxylic acids is 1. The molecule has 104 valence electrons. The third-order valence-electron chi connectivity index (χ3n) is 2.90. The number of nitro groups is 1. The Labute approximate surface area is 110 Å². The van der Waals surface area contributed by atoms with Crippen LogP contribution in [0.4, 0.5) is 5.69 Å². The number of rotatable bonds is 4. The normalized spacial score (nSPS) is 26.1. The van der Waals surface area contributed by atoms with E-state index in [1.165, 1.54) is 0 Å². The molecule has 0 aromatic heterocycles. The highest BCUT2D eigenvalue weighted by Crippen LogP contribution is 2.41. The Morgan fingerprint density at radius 1 is 1.35 bits per heavy atom. The van der Waals surface area contributed by atoms with Gasteiger partial charge in [0.2, 0.25) is 6.29 Å². The molecule has 0 spiro atoms. The Morgan fingerprint density at radius 2 is 2.10 bits per heavy atom. The molecule has 2 aliphatic heterocycles. The average Bonchev–Trinajstić information content (AvgIpc) is 3.05. The number of esters is 1. The summed E-state index contributed by atoms with van der Waals surface area (Å²) < 4.78 is 14.7. The molecule has 1 aromatic carbocycles. The molecular formula is C11H7NO8. The number of nitrogens with zero attached hydrogens (tertiary/aromatic N) is 1. The topological polar surface area (TPSA) is 128 Å². The van der Waals surface area contributed by atoms with Crippen molar-refractivity contribution in [3.05, 3.63) is 39.4 Å². The Hall–Kier alpha value is -2.52. The van der Waals surface area contributed by atoms with E-state index in [2.05, 4.69) is 0 Å². The van der Waals surface area contributed by atoms with Crippen LogP contribution in [0.3, 0.4) is 0 Å². The zero-order chi connectivity index (χ0) is 14.4. The molecule has 9 nitrogen and oxygen atoms in total. The molecule has 3 atom stereocenters. The average molecular weight is 281 g/mol. The van der Waals surface area contributed by atoms with Gasteiger partial charge in [0, 0.05) is 6.07 Å². The SMILES string of the molecule is O=C(O)c1ccc(C(=O)OC2OC3OC23)c([N+](=O)[O-])c1. The first-order valence-electron chi connectivity index (χ1n) is 5.51. The smallest absolute Gasteiger partial charge is 0.347 e. The number of benzene rings is 1. The summed E-state index contributed by atoms with van der Waals surface area (Å²) >= 11 is 0. The number of nitro benzene ring substituents is 1. The fourth-order valence-corrected chi connectivity index (χ4v) is 1.78. The Kier molecular flexibility index (Phi) is 2.66. The van der Waals surface area contributed by atoms with Gasteiger partial charge < -0.3 is 19.3 Å². The molecule has 2 saturated heterocycles. The van der Waals surface area contributed by atoms with E-state index in [1.54, 1.807) is 0 Å². The minimum Gasteiger partial charge on any atom is -0.478 e. The van der Waals surface area contributed by atoms with Gasteiger partial charge in [0.05, 0.1) is 10.5 Å². The van der Waals surface area contributed by atoms with Crippen LogP contribution in [-0.2, 0) is 14.2 Å². The van der Waals surface area contributed by atoms with Gasteiger partial charge in [-0.2, -0.15) is 0 Å². The summed E-state index contributed by atoms with van der Waals surface area (Å²) in [6.07, 6.45) is -1.53. The molecule has 20 heavy (non-hydrogen) atoms. The Bertz CT molecular complexity index is 627. The van der Waals surface area contributed by atoms with E-state index in [0.717, 1.165) is 18.2 Å². The second kappa shape index (κ2) is 4.25. The predicted octanol–water partition coefficient (Wildman–Crippen LogP) is 0.531. The zero-order valence-corrected chi connectivity index (χ0v) is 9.72. The molecule has 0 amide bonds. The number of carboxylic acids is 1. The minimum absolute atomic E-state index is 0.293. The van der Waals surface area contributed by atoms with Gasteiger partial charge >= 0.3 is 11.9 Å². The summed E-state index contributed by atoms with van der Waals surface area (Å²) in [6, 6.07) is 2.93. The largest absolute Gasteiger partial charge is 0.478 e. The van der Waals surface area contributed by atoms with Gasteiger partial charge in [0.25, 0.3) is 5.69 Å². The van der Waals surface area contributed by atoms with E-state index >= 15 is 0 Å². The first-order chi connectivity index (χ1) is 9.47. The van der Waals surface area contributed by atoms with Gasteiger partial charge in [-0.05, 0) is 12.1 Å². The van der Waals surface area contributed by atoms with Crippen molar-refractivity contribution in [3.63, 3.8) is 0 Å². The first kappa shape index (κ1) is 12.5. The maximum Gasteiger partial charge on any atom is 0.347 e. The van der Waals surface area contributed by atoms with E-state index in [0.29, 0.717) is 0 Å². The van der Waals surface area contributed by atoms with Crippen molar-refractivity contribution >= 4 is 17.6 Å². The quantitative estimate of drug-likeness (QED) is 0.366. The van der Waals surface area contributed by atoms with Crippen LogP contribution in [0.5, 0.6) is 0 Å². The molecule has 1 aromatic rings. The lowest BCUT2D eigenvalue weighted by atomic mass is 10.1. The van der Waals surface area contributed by atoms with Crippen molar-refractivity contribution in [1.82, 2.24) is 0 Å². The summed E-state index contributed by atoms with van der Waals surface area (Å²) in [7, 11) is 0. The lowest BCUT2D eigenvalue weighted by molar-refractivity contribution is -0.385. The fourth-order valence-electron chi connectivity index (χ4n) is 1.78. The summed E-state index contributed by atoms with van der Waals surface area (Å²) in [5.74, 6) is -2.29.